The fourth-order valence-corrected chi connectivity index (χ4v) is 2.87. The van der Waals surface area contributed by atoms with Gasteiger partial charge in [0.25, 0.3) is 5.91 Å². The van der Waals surface area contributed by atoms with Gasteiger partial charge in [-0.1, -0.05) is 6.07 Å². The number of carbonyl (C=O) groups excluding carboxylic acids is 1. The zero-order valence-electron chi connectivity index (χ0n) is 12.0. The number of benzene rings is 1. The molecule has 6 heteroatoms. The van der Waals surface area contributed by atoms with E-state index in [0.29, 0.717) is 13.0 Å². The lowest BCUT2D eigenvalue weighted by Gasteiger charge is -2.36. The molecule has 0 saturated carbocycles. The van der Waals surface area contributed by atoms with Gasteiger partial charge in [0.15, 0.2) is 6.61 Å². The highest BCUT2D eigenvalue weighted by molar-refractivity contribution is 6.01. The highest BCUT2D eigenvalue weighted by Gasteiger charge is 2.29. The summed E-state index contributed by atoms with van der Waals surface area (Å²) in [5.74, 6) is 0.710. The van der Waals surface area contributed by atoms with Crippen LogP contribution in [0.2, 0.25) is 0 Å². The second kappa shape index (κ2) is 6.32. The minimum absolute atomic E-state index is 0.0430. The summed E-state index contributed by atoms with van der Waals surface area (Å²) >= 11 is 0. The highest BCUT2D eigenvalue weighted by atomic mass is 16.5. The van der Waals surface area contributed by atoms with Gasteiger partial charge in [0, 0.05) is 39.3 Å². The zero-order valence-corrected chi connectivity index (χ0v) is 12.0. The summed E-state index contributed by atoms with van der Waals surface area (Å²) in [6, 6.07) is 5.91. The molecule has 0 radical (unpaired) electrons. The third-order valence-corrected chi connectivity index (χ3v) is 3.90. The number of nitrogens with zero attached hydrogens (tertiary/aromatic N) is 2. The second-order valence-corrected chi connectivity index (χ2v) is 5.27. The first-order valence-electron chi connectivity index (χ1n) is 7.44. The third-order valence-electron chi connectivity index (χ3n) is 3.90. The molecular formula is C15H21N3O3. The van der Waals surface area contributed by atoms with Crippen LogP contribution in [0, 0.1) is 0 Å². The number of hydrogen-bond acceptors (Lipinski definition) is 5. The summed E-state index contributed by atoms with van der Waals surface area (Å²) in [5.41, 5.74) is 1.89. The van der Waals surface area contributed by atoms with Gasteiger partial charge in [-0.15, -0.1) is 0 Å². The smallest absolute Gasteiger partial charge is 0.265 e. The van der Waals surface area contributed by atoms with Crippen molar-refractivity contribution in [2.75, 3.05) is 55.7 Å². The molecule has 114 valence electrons. The fraction of sp³-hybridized carbons (Fsp3) is 0.533. The monoisotopic (exact) mass is 291 g/mol. The van der Waals surface area contributed by atoms with Crippen LogP contribution in [0.15, 0.2) is 18.2 Å². The van der Waals surface area contributed by atoms with E-state index in [0.717, 1.165) is 43.3 Å². The maximum atomic E-state index is 12.2. The standard InChI is InChI=1S/C15H21N3O3/c19-10-2-7-18-14(20)11-21-13-4-1-3-12(15(13)18)17-8-5-16-6-9-17/h1,3-4,16,19H,2,5-11H2. The topological polar surface area (TPSA) is 65.0 Å². The van der Waals surface area contributed by atoms with Gasteiger partial charge >= 0.3 is 0 Å². The first-order valence-corrected chi connectivity index (χ1v) is 7.44. The van der Waals surface area contributed by atoms with Gasteiger partial charge in [-0.2, -0.15) is 0 Å². The van der Waals surface area contributed by atoms with E-state index in [2.05, 4.69) is 10.2 Å². The van der Waals surface area contributed by atoms with Crippen molar-refractivity contribution in [1.29, 1.82) is 0 Å². The number of piperazine rings is 1. The molecule has 1 fully saturated rings. The molecule has 0 bridgehead atoms. The van der Waals surface area contributed by atoms with Crippen LogP contribution >= 0.6 is 0 Å². The second-order valence-electron chi connectivity index (χ2n) is 5.27. The normalized spacial score (nSPS) is 18.4. The summed E-state index contributed by atoms with van der Waals surface area (Å²) in [7, 11) is 0. The molecule has 2 aliphatic heterocycles. The molecule has 1 amide bonds. The number of rotatable bonds is 4. The first-order chi connectivity index (χ1) is 10.3. The Kier molecular flexibility index (Phi) is 4.26. The molecule has 2 aliphatic rings. The lowest BCUT2D eigenvalue weighted by Crippen LogP contribution is -2.46. The van der Waals surface area contributed by atoms with Gasteiger partial charge in [0.05, 0.1) is 5.69 Å². The highest BCUT2D eigenvalue weighted by Crippen LogP contribution is 2.40. The SMILES string of the molecule is O=C1COc2cccc(N3CCNCC3)c2N1CCCO. The molecule has 21 heavy (non-hydrogen) atoms. The summed E-state index contributed by atoms with van der Waals surface area (Å²) in [6.07, 6.45) is 0.571. The molecule has 2 N–H and O–H groups in total. The van der Waals surface area contributed by atoms with Gasteiger partial charge in [-0.25, -0.2) is 0 Å². The lowest BCUT2D eigenvalue weighted by atomic mass is 10.1. The van der Waals surface area contributed by atoms with Gasteiger partial charge in [-0.05, 0) is 18.6 Å². The molecule has 6 nitrogen and oxygen atoms in total. The minimum atomic E-state index is -0.0430. The molecule has 0 spiro atoms. The van der Waals surface area contributed by atoms with Crippen LogP contribution in [-0.2, 0) is 4.79 Å². The molecule has 1 saturated heterocycles. The number of hydrogen-bond donors (Lipinski definition) is 2. The molecule has 1 aromatic rings. The van der Waals surface area contributed by atoms with Crippen LogP contribution in [0.4, 0.5) is 11.4 Å². The van der Waals surface area contributed by atoms with E-state index < -0.39 is 0 Å². The number of amides is 1. The minimum Gasteiger partial charge on any atom is -0.481 e. The van der Waals surface area contributed by atoms with Crippen LogP contribution in [-0.4, -0.2) is 57.0 Å². The number of aliphatic hydroxyl groups excluding tert-OH is 1. The Morgan fingerprint density at radius 1 is 1.29 bits per heavy atom. The summed E-state index contributed by atoms with van der Waals surface area (Å²) < 4.78 is 5.58. The van der Waals surface area contributed by atoms with Crippen LogP contribution in [0.25, 0.3) is 0 Å². The number of carbonyl (C=O) groups is 1. The van der Waals surface area contributed by atoms with E-state index in [1.165, 1.54) is 0 Å². The molecule has 0 atom stereocenters. The van der Waals surface area contributed by atoms with Gasteiger partial charge in [-0.3, -0.25) is 4.79 Å². The van der Waals surface area contributed by atoms with Gasteiger partial charge in [0.2, 0.25) is 0 Å². The van der Waals surface area contributed by atoms with E-state index >= 15 is 0 Å². The van der Waals surface area contributed by atoms with Crippen LogP contribution in [0.5, 0.6) is 5.75 Å². The molecule has 3 rings (SSSR count). The lowest BCUT2D eigenvalue weighted by molar-refractivity contribution is -0.121. The molecule has 1 aromatic carbocycles. The molecule has 0 unspecified atom stereocenters. The summed E-state index contributed by atoms with van der Waals surface area (Å²) in [5, 5.41) is 12.4. The number of fused-ring (bicyclic) bond motifs is 1. The summed E-state index contributed by atoms with van der Waals surface area (Å²) in [4.78, 5) is 16.2. The Bertz CT molecular complexity index is 515. The predicted molar refractivity (Wildman–Crippen MR) is 81.1 cm³/mol. The largest absolute Gasteiger partial charge is 0.481 e. The number of nitrogens with one attached hydrogen (secondary N) is 1. The van der Waals surface area contributed by atoms with Crippen molar-refractivity contribution >= 4 is 17.3 Å². The zero-order chi connectivity index (χ0) is 14.7. The third kappa shape index (κ3) is 2.82. The van der Waals surface area contributed by atoms with Crippen molar-refractivity contribution in [3.63, 3.8) is 0 Å². The average molecular weight is 291 g/mol. The predicted octanol–water partition coefficient (Wildman–Crippen LogP) is 0.204. The Hall–Kier alpha value is -1.79. The maximum Gasteiger partial charge on any atom is 0.265 e. The Morgan fingerprint density at radius 3 is 2.86 bits per heavy atom. The van der Waals surface area contributed by atoms with Gasteiger partial charge in [0.1, 0.15) is 11.4 Å². The van der Waals surface area contributed by atoms with Crippen molar-refractivity contribution in [3.8, 4) is 5.75 Å². The van der Waals surface area contributed by atoms with Crippen LogP contribution in [0.3, 0.4) is 0 Å². The molecule has 0 aromatic heterocycles. The first kappa shape index (κ1) is 14.2. The van der Waals surface area contributed by atoms with E-state index in [9.17, 15) is 4.79 Å². The van der Waals surface area contributed by atoms with E-state index in [-0.39, 0.29) is 19.1 Å². The summed E-state index contributed by atoms with van der Waals surface area (Å²) in [6.45, 7) is 4.38. The quantitative estimate of drug-likeness (QED) is 0.830. The van der Waals surface area contributed by atoms with Crippen molar-refractivity contribution < 1.29 is 14.6 Å². The fourth-order valence-electron chi connectivity index (χ4n) is 2.87. The number of aliphatic hydroxyl groups is 1. The van der Waals surface area contributed by atoms with Crippen molar-refractivity contribution in [3.05, 3.63) is 18.2 Å². The van der Waals surface area contributed by atoms with Crippen LogP contribution in [0.1, 0.15) is 6.42 Å². The molecular weight excluding hydrogens is 270 g/mol. The van der Waals surface area contributed by atoms with E-state index in [4.69, 9.17) is 9.84 Å². The Balaban J connectivity index is 1.96. The average Bonchev–Trinajstić information content (AvgIpc) is 2.54. The molecule has 0 aliphatic carbocycles. The maximum absolute atomic E-state index is 12.2. The number of anilines is 2. The van der Waals surface area contributed by atoms with Crippen LogP contribution < -0.4 is 19.9 Å². The Labute approximate surface area is 124 Å². The van der Waals surface area contributed by atoms with Crippen molar-refractivity contribution in [2.45, 2.75) is 6.42 Å². The number of ether oxygens (including phenoxy) is 1. The van der Waals surface area contributed by atoms with Gasteiger partial charge < -0.3 is 25.0 Å². The number of para-hydroxylation sites is 1. The Morgan fingerprint density at radius 2 is 2.10 bits per heavy atom. The van der Waals surface area contributed by atoms with E-state index in [1.54, 1.807) is 4.90 Å². The molecule has 2 heterocycles. The van der Waals surface area contributed by atoms with E-state index in [1.807, 2.05) is 18.2 Å². The van der Waals surface area contributed by atoms with Crippen molar-refractivity contribution in [1.82, 2.24) is 5.32 Å². The van der Waals surface area contributed by atoms with Crippen molar-refractivity contribution in [2.24, 2.45) is 0 Å².